The molecule has 1 N–H and O–H groups in total. The lowest BCUT2D eigenvalue weighted by Gasteiger charge is -2.19. The van der Waals surface area contributed by atoms with E-state index >= 15 is 0 Å². The molecular formula is C28H31N3O2. The Morgan fingerprint density at radius 2 is 1.79 bits per heavy atom. The molecule has 1 heterocycles. The molecular weight excluding hydrogens is 410 g/mol. The van der Waals surface area contributed by atoms with Crippen LogP contribution in [0, 0.1) is 0 Å². The zero-order valence-electron chi connectivity index (χ0n) is 19.1. The number of aryl methyl sites for hydroxylation is 2. The summed E-state index contributed by atoms with van der Waals surface area (Å²) in [5.74, 6) is -0.0521. The lowest BCUT2D eigenvalue weighted by atomic mass is 10.0. The van der Waals surface area contributed by atoms with Crippen LogP contribution in [0.3, 0.4) is 0 Å². The van der Waals surface area contributed by atoms with Crippen LogP contribution in [0.5, 0.6) is 0 Å². The highest BCUT2D eigenvalue weighted by atomic mass is 16.5. The molecule has 0 aliphatic rings. The fraction of sp³-hybridized carbons (Fsp3) is 0.286. The van der Waals surface area contributed by atoms with E-state index in [9.17, 15) is 4.79 Å². The Hall–Kier alpha value is -3.44. The van der Waals surface area contributed by atoms with Crippen molar-refractivity contribution in [2.24, 2.45) is 0 Å². The number of carbonyl (C=O) groups is 1. The second-order valence-electron chi connectivity index (χ2n) is 8.45. The smallest absolute Gasteiger partial charge is 0.221 e. The van der Waals surface area contributed by atoms with Gasteiger partial charge in [0.1, 0.15) is 0 Å². The molecule has 4 aromatic rings. The van der Waals surface area contributed by atoms with Crippen LogP contribution in [0.2, 0.25) is 0 Å². The fourth-order valence-corrected chi connectivity index (χ4v) is 4.06. The summed E-state index contributed by atoms with van der Waals surface area (Å²) in [4.78, 5) is 15.3. The first-order chi connectivity index (χ1) is 16.2. The van der Waals surface area contributed by atoms with Crippen molar-refractivity contribution in [1.29, 1.82) is 0 Å². The Morgan fingerprint density at radius 1 is 1.00 bits per heavy atom. The molecule has 0 radical (unpaired) electrons. The van der Waals surface area contributed by atoms with Gasteiger partial charge in [-0.25, -0.2) is 4.98 Å². The average Bonchev–Trinajstić information content (AvgIpc) is 3.34. The summed E-state index contributed by atoms with van der Waals surface area (Å²) in [5.41, 5.74) is 3.42. The minimum atomic E-state index is -0.0521. The van der Waals surface area contributed by atoms with Crippen LogP contribution in [-0.4, -0.2) is 28.2 Å². The van der Waals surface area contributed by atoms with E-state index in [1.54, 1.807) is 0 Å². The largest absolute Gasteiger partial charge is 0.376 e. The predicted octanol–water partition coefficient (Wildman–Crippen LogP) is 5.65. The zero-order chi connectivity index (χ0) is 22.9. The van der Waals surface area contributed by atoms with Crippen LogP contribution in [0.15, 0.2) is 85.5 Å². The number of nitrogens with zero attached hydrogens (tertiary/aromatic N) is 2. The Morgan fingerprint density at radius 3 is 2.55 bits per heavy atom. The molecule has 0 saturated carbocycles. The van der Waals surface area contributed by atoms with E-state index in [1.807, 2.05) is 30.9 Å². The van der Waals surface area contributed by atoms with E-state index in [1.165, 1.54) is 28.8 Å². The molecule has 0 aliphatic carbocycles. The molecule has 33 heavy (non-hydrogen) atoms. The first kappa shape index (κ1) is 22.7. The van der Waals surface area contributed by atoms with Gasteiger partial charge < -0.3 is 14.6 Å². The van der Waals surface area contributed by atoms with Crippen molar-refractivity contribution in [2.45, 2.75) is 45.3 Å². The van der Waals surface area contributed by atoms with Crippen LogP contribution < -0.4 is 5.32 Å². The second kappa shape index (κ2) is 11.4. The molecule has 1 atom stereocenters. The van der Waals surface area contributed by atoms with Crippen molar-refractivity contribution in [1.82, 2.24) is 9.55 Å². The van der Waals surface area contributed by atoms with Crippen LogP contribution in [0.25, 0.3) is 10.8 Å². The fourth-order valence-electron chi connectivity index (χ4n) is 4.06. The first-order valence-electron chi connectivity index (χ1n) is 11.6. The number of imidazole rings is 1. The summed E-state index contributed by atoms with van der Waals surface area (Å²) in [6.45, 7) is 3.04. The number of hydrogen-bond donors (Lipinski definition) is 1. The number of rotatable bonds is 11. The second-order valence-corrected chi connectivity index (χ2v) is 8.45. The van der Waals surface area contributed by atoms with Gasteiger partial charge in [0.2, 0.25) is 5.91 Å². The molecule has 5 heteroatoms. The maximum Gasteiger partial charge on any atom is 0.221 e. The Balaban J connectivity index is 1.29. The average molecular weight is 442 g/mol. The van der Waals surface area contributed by atoms with Crippen LogP contribution in [0.4, 0.5) is 5.69 Å². The van der Waals surface area contributed by atoms with Crippen LogP contribution in [-0.2, 0) is 28.9 Å². The molecule has 170 valence electrons. The molecule has 1 unspecified atom stereocenters. The van der Waals surface area contributed by atoms with E-state index in [4.69, 9.17) is 4.74 Å². The van der Waals surface area contributed by atoms with E-state index in [-0.39, 0.29) is 12.0 Å². The van der Waals surface area contributed by atoms with E-state index < -0.39 is 0 Å². The number of fused-ring (bicyclic) bond motifs is 1. The number of nitrogens with one attached hydrogen (secondary N) is 1. The lowest BCUT2D eigenvalue weighted by Crippen LogP contribution is -2.21. The first-order valence-corrected chi connectivity index (χ1v) is 11.6. The third kappa shape index (κ3) is 7.02. The Bertz CT molecular complexity index is 1150. The standard InChI is InChI=1S/C28H31N3O2/c1-22(32)30-27-13-9-23(10-14-27)5-4-18-33-28(20-31-17-16-29-21-31)15-11-24-8-12-25-6-2-3-7-26(25)19-24/h2-3,6-10,12-14,16-17,19,21,28H,4-5,11,15,18,20H2,1H3,(H,30,32). The number of ether oxygens (including phenoxy) is 1. The van der Waals surface area contributed by atoms with Gasteiger partial charge in [-0.15, -0.1) is 0 Å². The van der Waals surface area contributed by atoms with Crippen LogP contribution in [0.1, 0.15) is 30.9 Å². The number of hydrogen-bond acceptors (Lipinski definition) is 3. The third-order valence-electron chi connectivity index (χ3n) is 5.78. The van der Waals surface area contributed by atoms with Crippen molar-refractivity contribution in [3.63, 3.8) is 0 Å². The molecule has 0 spiro atoms. The minimum absolute atomic E-state index is 0.0521. The lowest BCUT2D eigenvalue weighted by molar-refractivity contribution is -0.114. The third-order valence-corrected chi connectivity index (χ3v) is 5.78. The number of anilines is 1. The van der Waals surface area contributed by atoms with E-state index in [0.29, 0.717) is 6.61 Å². The molecule has 1 amide bonds. The number of amides is 1. The highest BCUT2D eigenvalue weighted by molar-refractivity contribution is 5.88. The predicted molar refractivity (Wildman–Crippen MR) is 133 cm³/mol. The van der Waals surface area contributed by atoms with Gasteiger partial charge in [-0.3, -0.25) is 4.79 Å². The molecule has 0 aliphatic heterocycles. The monoisotopic (exact) mass is 441 g/mol. The van der Waals surface area contributed by atoms with E-state index in [2.05, 4.69) is 69.5 Å². The van der Waals surface area contributed by atoms with Crippen molar-refractivity contribution in [3.05, 3.63) is 96.6 Å². The van der Waals surface area contributed by atoms with Crippen molar-refractivity contribution < 1.29 is 9.53 Å². The Kier molecular flexibility index (Phi) is 7.88. The summed E-state index contributed by atoms with van der Waals surface area (Å²) >= 11 is 0. The summed E-state index contributed by atoms with van der Waals surface area (Å²) in [5, 5.41) is 5.36. The maximum atomic E-state index is 11.2. The number of benzene rings is 3. The molecule has 0 saturated heterocycles. The molecule has 0 fully saturated rings. The summed E-state index contributed by atoms with van der Waals surface area (Å²) in [7, 11) is 0. The molecule has 4 rings (SSSR count). The molecule has 3 aromatic carbocycles. The number of aromatic nitrogens is 2. The molecule has 0 bridgehead atoms. The summed E-state index contributed by atoms with van der Waals surface area (Å²) in [6.07, 6.45) is 9.62. The molecule has 1 aromatic heterocycles. The van der Waals surface area contributed by atoms with Gasteiger partial charge in [0.05, 0.1) is 12.4 Å². The van der Waals surface area contributed by atoms with Gasteiger partial charge in [-0.05, 0) is 59.7 Å². The SMILES string of the molecule is CC(=O)Nc1ccc(CCCOC(CCc2ccc3ccccc3c2)Cn2ccnc2)cc1. The zero-order valence-corrected chi connectivity index (χ0v) is 19.1. The van der Waals surface area contributed by atoms with Crippen LogP contribution >= 0.6 is 0 Å². The van der Waals surface area contributed by atoms with E-state index in [0.717, 1.165) is 37.9 Å². The minimum Gasteiger partial charge on any atom is -0.376 e. The normalized spacial score (nSPS) is 12.0. The van der Waals surface area contributed by atoms with Crippen molar-refractivity contribution in [2.75, 3.05) is 11.9 Å². The van der Waals surface area contributed by atoms with Crippen molar-refractivity contribution in [3.8, 4) is 0 Å². The van der Waals surface area contributed by atoms with Gasteiger partial charge in [-0.1, -0.05) is 54.6 Å². The topological polar surface area (TPSA) is 56.1 Å². The van der Waals surface area contributed by atoms with Gasteiger partial charge >= 0.3 is 0 Å². The van der Waals surface area contributed by atoms with Gasteiger partial charge in [0.15, 0.2) is 0 Å². The molecule has 5 nitrogen and oxygen atoms in total. The maximum absolute atomic E-state index is 11.2. The van der Waals surface area contributed by atoms with Gasteiger partial charge in [0, 0.05) is 38.2 Å². The van der Waals surface area contributed by atoms with Gasteiger partial charge in [-0.2, -0.15) is 0 Å². The number of carbonyl (C=O) groups excluding carboxylic acids is 1. The van der Waals surface area contributed by atoms with Gasteiger partial charge in [0.25, 0.3) is 0 Å². The highest BCUT2D eigenvalue weighted by Crippen LogP contribution is 2.18. The Labute approximate surface area is 195 Å². The summed E-state index contributed by atoms with van der Waals surface area (Å²) in [6, 6.07) is 23.2. The summed E-state index contributed by atoms with van der Waals surface area (Å²) < 4.78 is 8.41. The quantitative estimate of drug-likeness (QED) is 0.306. The van der Waals surface area contributed by atoms with Crippen molar-refractivity contribution >= 4 is 22.4 Å². The highest BCUT2D eigenvalue weighted by Gasteiger charge is 2.11.